The van der Waals surface area contributed by atoms with Crippen LogP contribution < -0.4 is 20.3 Å². The largest absolute Gasteiger partial charge is 0.494 e. The molecule has 1 heterocycles. The van der Waals surface area contributed by atoms with E-state index in [0.29, 0.717) is 23.5 Å². The van der Waals surface area contributed by atoms with E-state index in [4.69, 9.17) is 13.9 Å². The van der Waals surface area contributed by atoms with Gasteiger partial charge in [0.1, 0.15) is 11.3 Å². The molecule has 3 aromatic rings. The van der Waals surface area contributed by atoms with Gasteiger partial charge in [0.15, 0.2) is 23.9 Å². The van der Waals surface area contributed by atoms with Crippen molar-refractivity contribution >= 4 is 22.8 Å². The predicted molar refractivity (Wildman–Crippen MR) is 99.6 cm³/mol. The molecule has 0 aliphatic heterocycles. The van der Waals surface area contributed by atoms with Gasteiger partial charge in [0.2, 0.25) is 0 Å². The molecule has 0 saturated heterocycles. The van der Waals surface area contributed by atoms with E-state index < -0.39 is 24.2 Å². The molecule has 0 bridgehead atoms. The van der Waals surface area contributed by atoms with Gasteiger partial charge >= 0.3 is 5.91 Å². The molecule has 0 fully saturated rings. The maximum Gasteiger partial charge on any atom is 0.305 e. The number of para-hydroxylation sites is 1. The highest BCUT2D eigenvalue weighted by Gasteiger charge is 2.19. The summed E-state index contributed by atoms with van der Waals surface area (Å²) in [4.78, 5) is 24.1. The summed E-state index contributed by atoms with van der Waals surface area (Å²) in [5.41, 5.74) is 5.60. The van der Waals surface area contributed by atoms with Crippen LogP contribution >= 0.6 is 0 Å². The molecule has 0 aliphatic carbocycles. The molecule has 0 spiro atoms. The molecule has 1 aromatic heterocycles. The zero-order chi connectivity index (χ0) is 20.1. The van der Waals surface area contributed by atoms with Gasteiger partial charge in [-0.2, -0.15) is 0 Å². The molecule has 146 valence electrons. The van der Waals surface area contributed by atoms with Crippen LogP contribution in [0.3, 0.4) is 0 Å². The number of aryl methyl sites for hydroxylation is 1. The second kappa shape index (κ2) is 8.43. The van der Waals surface area contributed by atoms with Crippen molar-refractivity contribution in [1.82, 2.24) is 10.9 Å². The Morgan fingerprint density at radius 1 is 1.11 bits per heavy atom. The van der Waals surface area contributed by atoms with Crippen LogP contribution in [0.4, 0.5) is 4.39 Å². The zero-order valence-electron chi connectivity index (χ0n) is 15.4. The third kappa shape index (κ3) is 4.22. The van der Waals surface area contributed by atoms with Gasteiger partial charge in [-0.3, -0.25) is 20.4 Å². The number of hydrazine groups is 1. The first-order valence-electron chi connectivity index (χ1n) is 8.62. The molecular formula is C20H19FN2O5. The molecule has 7 nitrogen and oxygen atoms in total. The van der Waals surface area contributed by atoms with Crippen LogP contribution in [-0.2, 0) is 4.79 Å². The lowest BCUT2D eigenvalue weighted by Crippen LogP contribution is -2.43. The van der Waals surface area contributed by atoms with E-state index >= 15 is 0 Å². The van der Waals surface area contributed by atoms with Gasteiger partial charge in [-0.05, 0) is 44.2 Å². The predicted octanol–water partition coefficient (Wildman–Crippen LogP) is 3.12. The fourth-order valence-electron chi connectivity index (χ4n) is 2.60. The van der Waals surface area contributed by atoms with Gasteiger partial charge in [-0.1, -0.05) is 12.1 Å². The number of rotatable bonds is 6. The second-order valence-corrected chi connectivity index (χ2v) is 5.87. The van der Waals surface area contributed by atoms with Crippen molar-refractivity contribution in [1.29, 1.82) is 0 Å². The molecule has 0 radical (unpaired) electrons. The van der Waals surface area contributed by atoms with Gasteiger partial charge < -0.3 is 13.9 Å². The van der Waals surface area contributed by atoms with Crippen molar-refractivity contribution in [2.24, 2.45) is 0 Å². The number of nitrogens with one attached hydrogen (secondary N) is 2. The Morgan fingerprint density at radius 3 is 2.64 bits per heavy atom. The van der Waals surface area contributed by atoms with Crippen LogP contribution in [-0.4, -0.2) is 25.0 Å². The number of ether oxygens (including phenoxy) is 2. The van der Waals surface area contributed by atoms with Gasteiger partial charge in [-0.15, -0.1) is 0 Å². The lowest BCUT2D eigenvalue weighted by Gasteiger charge is -2.08. The van der Waals surface area contributed by atoms with Crippen LogP contribution in [0, 0.1) is 12.7 Å². The Kier molecular flexibility index (Phi) is 5.78. The van der Waals surface area contributed by atoms with Gasteiger partial charge in [-0.25, -0.2) is 4.39 Å². The molecule has 8 heteroatoms. The minimum atomic E-state index is -0.649. The Morgan fingerprint density at radius 2 is 1.89 bits per heavy atom. The van der Waals surface area contributed by atoms with Gasteiger partial charge in [0.25, 0.3) is 5.91 Å². The van der Waals surface area contributed by atoms with Crippen LogP contribution in [0.1, 0.15) is 23.0 Å². The average Bonchev–Trinajstić information content (AvgIpc) is 3.02. The number of amides is 2. The van der Waals surface area contributed by atoms with Crippen molar-refractivity contribution in [3.05, 3.63) is 59.6 Å². The van der Waals surface area contributed by atoms with Crippen LogP contribution in [0.5, 0.6) is 11.5 Å². The summed E-state index contributed by atoms with van der Waals surface area (Å²) in [7, 11) is 0. The molecule has 0 atom stereocenters. The number of fused-ring (bicyclic) bond motifs is 1. The van der Waals surface area contributed by atoms with Crippen LogP contribution in [0.2, 0.25) is 0 Å². The number of halogens is 1. The minimum absolute atomic E-state index is 0.0535. The van der Waals surface area contributed by atoms with E-state index in [9.17, 15) is 14.0 Å². The van der Waals surface area contributed by atoms with Gasteiger partial charge in [0, 0.05) is 10.9 Å². The molecule has 3 rings (SSSR count). The Labute approximate surface area is 160 Å². The highest BCUT2D eigenvalue weighted by atomic mass is 19.1. The number of hydrogen-bond donors (Lipinski definition) is 2. The lowest BCUT2D eigenvalue weighted by molar-refractivity contribution is -0.123. The molecule has 2 aromatic carbocycles. The van der Waals surface area contributed by atoms with Gasteiger partial charge in [0.05, 0.1) is 6.61 Å². The summed E-state index contributed by atoms with van der Waals surface area (Å²) >= 11 is 0. The SMILES string of the molecule is CCOc1ccc2oc(C(=O)NNC(=O)COc3ccccc3F)c(C)c2c1. The Hall–Kier alpha value is -3.55. The summed E-state index contributed by atoms with van der Waals surface area (Å²) in [5, 5.41) is 0.741. The van der Waals surface area contributed by atoms with E-state index in [1.54, 1.807) is 31.2 Å². The number of benzene rings is 2. The van der Waals surface area contributed by atoms with E-state index in [0.717, 1.165) is 5.39 Å². The molecule has 28 heavy (non-hydrogen) atoms. The summed E-state index contributed by atoms with van der Waals surface area (Å²) in [6.07, 6.45) is 0. The molecule has 0 saturated carbocycles. The maximum atomic E-state index is 13.5. The fraction of sp³-hybridized carbons (Fsp3) is 0.200. The maximum absolute atomic E-state index is 13.5. The van der Waals surface area contributed by atoms with Crippen LogP contribution in [0.15, 0.2) is 46.9 Å². The summed E-state index contributed by atoms with van der Waals surface area (Å²) < 4.78 is 29.5. The monoisotopic (exact) mass is 386 g/mol. The van der Waals surface area contributed by atoms with E-state index in [1.807, 2.05) is 6.92 Å². The highest BCUT2D eigenvalue weighted by Crippen LogP contribution is 2.28. The van der Waals surface area contributed by atoms with Crippen molar-refractivity contribution in [3.63, 3.8) is 0 Å². The zero-order valence-corrected chi connectivity index (χ0v) is 15.4. The molecule has 2 amide bonds. The second-order valence-electron chi connectivity index (χ2n) is 5.87. The first-order valence-corrected chi connectivity index (χ1v) is 8.62. The third-order valence-electron chi connectivity index (χ3n) is 3.94. The quantitative estimate of drug-likeness (QED) is 0.636. The number of carbonyl (C=O) groups is 2. The topological polar surface area (TPSA) is 89.8 Å². The molecular weight excluding hydrogens is 367 g/mol. The number of hydrogen-bond acceptors (Lipinski definition) is 5. The van der Waals surface area contributed by atoms with Crippen molar-refractivity contribution < 1.29 is 27.9 Å². The molecule has 0 unspecified atom stereocenters. The lowest BCUT2D eigenvalue weighted by atomic mass is 10.1. The first-order chi connectivity index (χ1) is 13.5. The van der Waals surface area contributed by atoms with Crippen LogP contribution in [0.25, 0.3) is 11.0 Å². The van der Waals surface area contributed by atoms with E-state index in [-0.39, 0.29) is 11.5 Å². The van der Waals surface area contributed by atoms with Crippen molar-refractivity contribution in [2.45, 2.75) is 13.8 Å². The highest BCUT2D eigenvalue weighted by molar-refractivity contribution is 5.99. The number of furan rings is 1. The third-order valence-corrected chi connectivity index (χ3v) is 3.94. The molecule has 2 N–H and O–H groups in total. The van der Waals surface area contributed by atoms with Crippen molar-refractivity contribution in [2.75, 3.05) is 13.2 Å². The average molecular weight is 386 g/mol. The molecule has 0 aliphatic rings. The summed E-state index contributed by atoms with van der Waals surface area (Å²) in [6, 6.07) is 11.0. The van der Waals surface area contributed by atoms with Crippen molar-refractivity contribution in [3.8, 4) is 11.5 Å². The fourth-order valence-corrected chi connectivity index (χ4v) is 2.60. The Balaban J connectivity index is 1.60. The summed E-state index contributed by atoms with van der Waals surface area (Å²) in [5.74, 6) is -1.16. The van der Waals surface area contributed by atoms with E-state index in [1.165, 1.54) is 18.2 Å². The van der Waals surface area contributed by atoms with E-state index in [2.05, 4.69) is 10.9 Å². The standard InChI is InChI=1S/C20H19FN2O5/c1-3-26-13-8-9-16-14(10-13)12(2)19(28-16)20(25)23-22-18(24)11-27-17-7-5-4-6-15(17)21/h4-10H,3,11H2,1-2H3,(H,22,24)(H,23,25). The smallest absolute Gasteiger partial charge is 0.305 e. The number of carbonyl (C=O) groups excluding carboxylic acids is 2. The minimum Gasteiger partial charge on any atom is -0.494 e. The summed E-state index contributed by atoms with van der Waals surface area (Å²) in [6.45, 7) is 3.68. The normalized spacial score (nSPS) is 10.5. The Bertz CT molecular complexity index is 1010. The first kappa shape index (κ1) is 19.2.